The SMILES string of the molecule is CCCNCCNC(=O)c1cccc2c(=O)c(C)c(-c3ccccc3)oc12. The molecule has 27 heavy (non-hydrogen) atoms. The number of hydrogen-bond donors (Lipinski definition) is 2. The first-order chi connectivity index (χ1) is 13.1. The van der Waals surface area contributed by atoms with Crippen molar-refractivity contribution in [2.24, 2.45) is 0 Å². The third-order valence-corrected chi connectivity index (χ3v) is 4.44. The Hall–Kier alpha value is -2.92. The first-order valence-electron chi connectivity index (χ1n) is 9.24. The van der Waals surface area contributed by atoms with E-state index in [1.807, 2.05) is 30.3 Å². The van der Waals surface area contributed by atoms with Crippen molar-refractivity contribution in [2.45, 2.75) is 20.3 Å². The molecule has 0 aliphatic rings. The van der Waals surface area contributed by atoms with Crippen molar-refractivity contribution in [3.63, 3.8) is 0 Å². The summed E-state index contributed by atoms with van der Waals surface area (Å²) in [6.45, 7) is 5.97. The van der Waals surface area contributed by atoms with Crippen molar-refractivity contribution >= 4 is 16.9 Å². The fourth-order valence-electron chi connectivity index (χ4n) is 3.01. The maximum atomic E-state index is 12.8. The molecule has 0 radical (unpaired) electrons. The zero-order chi connectivity index (χ0) is 19.2. The van der Waals surface area contributed by atoms with Crippen LogP contribution in [0.25, 0.3) is 22.3 Å². The summed E-state index contributed by atoms with van der Waals surface area (Å²) >= 11 is 0. The van der Waals surface area contributed by atoms with Crippen LogP contribution in [0.1, 0.15) is 29.3 Å². The molecule has 5 heteroatoms. The third kappa shape index (κ3) is 4.09. The average Bonchev–Trinajstić information content (AvgIpc) is 2.70. The lowest BCUT2D eigenvalue weighted by molar-refractivity contribution is 0.0954. The van der Waals surface area contributed by atoms with E-state index in [1.54, 1.807) is 25.1 Å². The molecule has 0 atom stereocenters. The zero-order valence-electron chi connectivity index (χ0n) is 15.7. The molecule has 0 saturated heterocycles. The third-order valence-electron chi connectivity index (χ3n) is 4.44. The highest BCUT2D eigenvalue weighted by Gasteiger charge is 2.18. The summed E-state index contributed by atoms with van der Waals surface area (Å²) in [7, 11) is 0. The van der Waals surface area contributed by atoms with Gasteiger partial charge in [-0.15, -0.1) is 0 Å². The van der Waals surface area contributed by atoms with Gasteiger partial charge in [-0.2, -0.15) is 0 Å². The van der Waals surface area contributed by atoms with Crippen LogP contribution in [-0.2, 0) is 0 Å². The van der Waals surface area contributed by atoms with Gasteiger partial charge in [0.1, 0.15) is 5.76 Å². The van der Waals surface area contributed by atoms with Crippen LogP contribution >= 0.6 is 0 Å². The monoisotopic (exact) mass is 364 g/mol. The molecule has 1 aromatic heterocycles. The highest BCUT2D eigenvalue weighted by Crippen LogP contribution is 2.27. The molecular formula is C22H24N2O3. The van der Waals surface area contributed by atoms with E-state index in [4.69, 9.17) is 4.42 Å². The highest BCUT2D eigenvalue weighted by atomic mass is 16.3. The van der Waals surface area contributed by atoms with E-state index in [0.29, 0.717) is 40.9 Å². The Morgan fingerprint density at radius 3 is 2.52 bits per heavy atom. The van der Waals surface area contributed by atoms with Gasteiger partial charge in [0.25, 0.3) is 5.91 Å². The van der Waals surface area contributed by atoms with Gasteiger partial charge >= 0.3 is 0 Å². The first kappa shape index (κ1) is 18.9. The Bertz CT molecular complexity index is 994. The number of fused-ring (bicyclic) bond motifs is 1. The predicted molar refractivity (Wildman–Crippen MR) is 108 cm³/mol. The number of amides is 1. The van der Waals surface area contributed by atoms with Gasteiger partial charge < -0.3 is 15.1 Å². The van der Waals surface area contributed by atoms with E-state index in [0.717, 1.165) is 18.5 Å². The smallest absolute Gasteiger partial charge is 0.255 e. The molecule has 5 nitrogen and oxygen atoms in total. The molecule has 0 fully saturated rings. The second-order valence-corrected chi connectivity index (χ2v) is 6.44. The van der Waals surface area contributed by atoms with Gasteiger partial charge in [0.2, 0.25) is 0 Å². The van der Waals surface area contributed by atoms with Crippen molar-refractivity contribution in [2.75, 3.05) is 19.6 Å². The zero-order valence-corrected chi connectivity index (χ0v) is 15.7. The molecule has 0 spiro atoms. The minimum Gasteiger partial charge on any atom is -0.455 e. The number of rotatable bonds is 7. The summed E-state index contributed by atoms with van der Waals surface area (Å²) < 4.78 is 6.08. The summed E-state index contributed by atoms with van der Waals surface area (Å²) in [5.41, 5.74) is 1.93. The average molecular weight is 364 g/mol. The molecule has 0 aliphatic heterocycles. The fourth-order valence-corrected chi connectivity index (χ4v) is 3.01. The number of para-hydroxylation sites is 1. The molecule has 2 N–H and O–H groups in total. The lowest BCUT2D eigenvalue weighted by atomic mass is 10.0. The second-order valence-electron chi connectivity index (χ2n) is 6.44. The Morgan fingerprint density at radius 2 is 1.78 bits per heavy atom. The predicted octanol–water partition coefficient (Wildman–Crippen LogP) is 3.50. The summed E-state index contributed by atoms with van der Waals surface area (Å²) in [5, 5.41) is 6.54. The maximum absolute atomic E-state index is 12.8. The van der Waals surface area contributed by atoms with E-state index >= 15 is 0 Å². The minimum absolute atomic E-state index is 0.116. The fraction of sp³-hybridized carbons (Fsp3) is 0.273. The minimum atomic E-state index is -0.245. The lowest BCUT2D eigenvalue weighted by Crippen LogP contribution is -2.32. The van der Waals surface area contributed by atoms with Crippen LogP contribution in [0.2, 0.25) is 0 Å². The molecule has 0 bridgehead atoms. The van der Waals surface area contributed by atoms with Crippen molar-refractivity contribution in [1.29, 1.82) is 0 Å². The molecule has 1 heterocycles. The quantitative estimate of drug-likeness (QED) is 0.630. The molecule has 3 aromatic rings. The van der Waals surface area contributed by atoms with Crippen molar-refractivity contribution in [3.05, 3.63) is 69.9 Å². The van der Waals surface area contributed by atoms with Crippen LogP contribution in [-0.4, -0.2) is 25.5 Å². The Labute approximate surface area is 158 Å². The van der Waals surface area contributed by atoms with Crippen LogP contribution in [0.15, 0.2) is 57.7 Å². The molecule has 3 rings (SSSR count). The van der Waals surface area contributed by atoms with Crippen LogP contribution in [0.4, 0.5) is 0 Å². The molecule has 140 valence electrons. The topological polar surface area (TPSA) is 71.3 Å². The van der Waals surface area contributed by atoms with Crippen LogP contribution in [0.5, 0.6) is 0 Å². The summed E-state index contributed by atoms with van der Waals surface area (Å²) in [5.74, 6) is 0.253. The Kier molecular flexibility index (Phi) is 6.04. The Morgan fingerprint density at radius 1 is 1.00 bits per heavy atom. The molecule has 0 aliphatic carbocycles. The van der Waals surface area contributed by atoms with Gasteiger partial charge in [-0.3, -0.25) is 9.59 Å². The Balaban J connectivity index is 1.98. The number of benzene rings is 2. The normalized spacial score (nSPS) is 10.9. The van der Waals surface area contributed by atoms with Gasteiger partial charge in [-0.05, 0) is 32.0 Å². The van der Waals surface area contributed by atoms with Crippen molar-refractivity contribution in [1.82, 2.24) is 10.6 Å². The maximum Gasteiger partial charge on any atom is 0.255 e. The van der Waals surface area contributed by atoms with E-state index in [-0.39, 0.29) is 11.3 Å². The van der Waals surface area contributed by atoms with Crippen molar-refractivity contribution in [3.8, 4) is 11.3 Å². The summed E-state index contributed by atoms with van der Waals surface area (Å²) in [4.78, 5) is 25.5. The van der Waals surface area contributed by atoms with Crippen LogP contribution < -0.4 is 16.1 Å². The molecule has 2 aromatic carbocycles. The second kappa shape index (κ2) is 8.64. The molecule has 0 unspecified atom stereocenters. The van der Waals surface area contributed by atoms with Gasteiger partial charge in [0.15, 0.2) is 11.0 Å². The largest absolute Gasteiger partial charge is 0.455 e. The summed E-state index contributed by atoms with van der Waals surface area (Å²) in [6.07, 6.45) is 1.05. The number of hydrogen-bond acceptors (Lipinski definition) is 4. The first-order valence-corrected chi connectivity index (χ1v) is 9.24. The standard InChI is InChI=1S/C22H24N2O3/c1-3-12-23-13-14-24-22(26)18-11-7-10-17-19(25)15(2)20(27-21(17)18)16-8-5-4-6-9-16/h4-11,23H,3,12-14H2,1-2H3,(H,24,26). The van der Waals surface area contributed by atoms with E-state index in [1.165, 1.54) is 0 Å². The molecular weight excluding hydrogens is 340 g/mol. The number of carbonyl (C=O) groups is 1. The summed E-state index contributed by atoms with van der Waals surface area (Å²) in [6, 6.07) is 14.6. The number of carbonyl (C=O) groups excluding carboxylic acids is 1. The van der Waals surface area contributed by atoms with Gasteiger partial charge in [-0.25, -0.2) is 0 Å². The molecule has 0 saturated carbocycles. The van der Waals surface area contributed by atoms with E-state index in [2.05, 4.69) is 17.6 Å². The van der Waals surface area contributed by atoms with Crippen LogP contribution in [0.3, 0.4) is 0 Å². The van der Waals surface area contributed by atoms with Gasteiger partial charge in [0, 0.05) is 24.2 Å². The van der Waals surface area contributed by atoms with E-state index < -0.39 is 0 Å². The van der Waals surface area contributed by atoms with Crippen molar-refractivity contribution < 1.29 is 9.21 Å². The highest BCUT2D eigenvalue weighted by molar-refractivity contribution is 6.05. The van der Waals surface area contributed by atoms with E-state index in [9.17, 15) is 9.59 Å². The number of nitrogens with one attached hydrogen (secondary N) is 2. The lowest BCUT2D eigenvalue weighted by Gasteiger charge is -2.11. The van der Waals surface area contributed by atoms with Gasteiger partial charge in [-0.1, -0.05) is 43.3 Å². The van der Waals surface area contributed by atoms with Gasteiger partial charge in [0.05, 0.1) is 10.9 Å². The molecule has 1 amide bonds. The van der Waals surface area contributed by atoms with Crippen LogP contribution in [0, 0.1) is 6.92 Å².